The molecule has 0 radical (unpaired) electrons. The fourth-order valence-corrected chi connectivity index (χ4v) is 4.77. The first kappa shape index (κ1) is 16.7. The molecule has 1 fully saturated rings. The summed E-state index contributed by atoms with van der Waals surface area (Å²) in [4.78, 5) is 19.1. The summed E-state index contributed by atoms with van der Waals surface area (Å²) >= 11 is 0. The van der Waals surface area contributed by atoms with Crippen LogP contribution in [0.4, 0.5) is 0 Å². The number of carbonyl (C=O) groups excluding carboxylic acids is 1. The minimum absolute atomic E-state index is 0.0386. The summed E-state index contributed by atoms with van der Waals surface area (Å²) in [7, 11) is -1.44. The highest BCUT2D eigenvalue weighted by Crippen LogP contribution is 2.28. The van der Waals surface area contributed by atoms with E-state index in [4.69, 9.17) is 0 Å². The third-order valence-corrected chi connectivity index (χ3v) is 6.25. The fraction of sp³-hybridized carbons (Fsp3) is 0.278. The monoisotopic (exact) mass is 370 g/mol. The Bertz CT molecular complexity index is 1090. The van der Waals surface area contributed by atoms with Crippen LogP contribution in [0.1, 0.15) is 22.1 Å². The Balaban J connectivity index is 1.71. The van der Waals surface area contributed by atoms with Crippen molar-refractivity contribution in [1.29, 1.82) is 0 Å². The molecule has 0 unspecified atom stereocenters. The smallest absolute Gasteiger partial charge is 0.273 e. The van der Waals surface area contributed by atoms with Gasteiger partial charge in [0.25, 0.3) is 5.91 Å². The molecule has 1 aromatic carbocycles. The zero-order valence-electron chi connectivity index (χ0n) is 14.2. The van der Waals surface area contributed by atoms with Crippen LogP contribution in [0.25, 0.3) is 10.9 Å². The second-order valence-corrected chi connectivity index (χ2v) is 8.69. The predicted octanol–water partition coefficient (Wildman–Crippen LogP) is 1.58. The summed E-state index contributed by atoms with van der Waals surface area (Å²) in [5, 5.41) is 5.07. The summed E-state index contributed by atoms with van der Waals surface area (Å²) in [6.45, 7) is 0.148. The van der Waals surface area contributed by atoms with Gasteiger partial charge in [-0.25, -0.2) is 13.4 Å². The van der Waals surface area contributed by atoms with Crippen LogP contribution in [0.15, 0.2) is 48.8 Å². The van der Waals surface area contributed by atoms with Gasteiger partial charge in [0.05, 0.1) is 29.3 Å². The van der Waals surface area contributed by atoms with Gasteiger partial charge in [-0.3, -0.25) is 9.48 Å². The molecule has 0 bridgehead atoms. The molecule has 1 amide bonds. The van der Waals surface area contributed by atoms with Crippen LogP contribution in [0, 0.1) is 0 Å². The topological polar surface area (TPSA) is 85.2 Å². The zero-order valence-corrected chi connectivity index (χ0v) is 15.1. The van der Waals surface area contributed by atoms with Gasteiger partial charge < -0.3 is 4.90 Å². The predicted molar refractivity (Wildman–Crippen MR) is 97.4 cm³/mol. The van der Waals surface area contributed by atoms with Gasteiger partial charge in [0, 0.05) is 30.7 Å². The summed E-state index contributed by atoms with van der Waals surface area (Å²) in [5.74, 6) is -0.402. The van der Waals surface area contributed by atoms with Crippen molar-refractivity contribution >= 4 is 26.6 Å². The van der Waals surface area contributed by atoms with Crippen molar-refractivity contribution in [2.75, 3.05) is 18.1 Å². The maximum absolute atomic E-state index is 13.1. The van der Waals surface area contributed by atoms with Gasteiger partial charge in [-0.1, -0.05) is 24.3 Å². The molecule has 8 heteroatoms. The Kier molecular flexibility index (Phi) is 3.99. The van der Waals surface area contributed by atoms with Crippen molar-refractivity contribution in [2.24, 2.45) is 7.05 Å². The molecule has 2 aromatic heterocycles. The van der Waals surface area contributed by atoms with E-state index in [0.29, 0.717) is 11.3 Å². The molecular weight excluding hydrogens is 352 g/mol. The number of pyridine rings is 1. The lowest BCUT2D eigenvalue weighted by atomic mass is 10.1. The number of para-hydroxylation sites is 1. The second-order valence-electron chi connectivity index (χ2n) is 6.47. The summed E-state index contributed by atoms with van der Waals surface area (Å²) in [6, 6.07) is 10.6. The van der Waals surface area contributed by atoms with Crippen LogP contribution >= 0.6 is 0 Å². The third-order valence-electron chi connectivity index (χ3n) is 4.62. The van der Waals surface area contributed by atoms with Gasteiger partial charge in [0.2, 0.25) is 0 Å². The van der Waals surface area contributed by atoms with E-state index >= 15 is 0 Å². The summed E-state index contributed by atoms with van der Waals surface area (Å²) in [6.07, 6.45) is 3.36. The van der Waals surface area contributed by atoms with E-state index < -0.39 is 15.9 Å². The Morgan fingerprint density at radius 3 is 2.77 bits per heavy atom. The highest BCUT2D eigenvalue weighted by atomic mass is 32.2. The average Bonchev–Trinajstić information content (AvgIpc) is 3.06. The number of hydrogen-bond donors (Lipinski definition) is 0. The lowest BCUT2D eigenvalue weighted by Gasteiger charge is -2.34. The second kappa shape index (κ2) is 6.21. The number of carbonyl (C=O) groups is 1. The molecule has 1 aliphatic rings. The number of aryl methyl sites for hydroxylation is 1. The molecule has 1 atom stereocenters. The maximum atomic E-state index is 13.1. The summed E-state index contributed by atoms with van der Waals surface area (Å²) in [5.41, 5.74) is 1.77. The lowest BCUT2D eigenvalue weighted by Crippen LogP contribution is -2.46. The first-order chi connectivity index (χ1) is 12.4. The molecule has 7 nitrogen and oxygen atoms in total. The van der Waals surface area contributed by atoms with Crippen molar-refractivity contribution < 1.29 is 13.2 Å². The Hall–Kier alpha value is -2.74. The van der Waals surface area contributed by atoms with Crippen LogP contribution in [-0.4, -0.2) is 52.0 Å². The number of amides is 1. The van der Waals surface area contributed by atoms with Crippen LogP contribution in [-0.2, 0) is 16.9 Å². The largest absolute Gasteiger partial charge is 0.328 e. The van der Waals surface area contributed by atoms with E-state index in [1.54, 1.807) is 35.1 Å². The van der Waals surface area contributed by atoms with Gasteiger partial charge in [0.1, 0.15) is 5.69 Å². The number of aromatic nitrogens is 3. The minimum Gasteiger partial charge on any atom is -0.328 e. The fourth-order valence-electron chi connectivity index (χ4n) is 3.27. The van der Waals surface area contributed by atoms with E-state index in [1.807, 2.05) is 30.3 Å². The Labute approximate surface area is 151 Å². The van der Waals surface area contributed by atoms with Gasteiger partial charge in [0.15, 0.2) is 9.84 Å². The van der Waals surface area contributed by atoms with E-state index in [-0.39, 0.29) is 24.0 Å². The zero-order chi connectivity index (χ0) is 18.3. The van der Waals surface area contributed by atoms with Crippen molar-refractivity contribution in [3.8, 4) is 0 Å². The molecule has 134 valence electrons. The molecule has 1 aliphatic heterocycles. The molecule has 0 aliphatic carbocycles. The van der Waals surface area contributed by atoms with Crippen LogP contribution in [0.3, 0.4) is 0 Å². The third kappa shape index (κ3) is 3.08. The van der Waals surface area contributed by atoms with Crippen molar-refractivity contribution in [2.45, 2.75) is 6.04 Å². The molecule has 26 heavy (non-hydrogen) atoms. The number of rotatable bonds is 2. The Morgan fingerprint density at radius 2 is 2.00 bits per heavy atom. The van der Waals surface area contributed by atoms with Crippen LogP contribution in [0.2, 0.25) is 0 Å². The molecule has 0 saturated carbocycles. The minimum atomic E-state index is -3.21. The molecule has 0 spiro atoms. The average molecular weight is 370 g/mol. The highest BCUT2D eigenvalue weighted by molar-refractivity contribution is 7.91. The molecule has 1 saturated heterocycles. The van der Waals surface area contributed by atoms with E-state index in [9.17, 15) is 13.2 Å². The van der Waals surface area contributed by atoms with E-state index in [2.05, 4.69) is 10.1 Å². The number of benzene rings is 1. The van der Waals surface area contributed by atoms with Crippen LogP contribution < -0.4 is 0 Å². The number of sulfone groups is 1. The Morgan fingerprint density at radius 1 is 1.19 bits per heavy atom. The molecule has 0 N–H and O–H groups in total. The molecule has 3 aromatic rings. The quantitative estimate of drug-likeness (QED) is 0.684. The number of hydrogen-bond acceptors (Lipinski definition) is 5. The van der Waals surface area contributed by atoms with Crippen molar-refractivity contribution in [3.63, 3.8) is 0 Å². The first-order valence-corrected chi connectivity index (χ1v) is 10.1. The highest BCUT2D eigenvalue weighted by Gasteiger charge is 2.36. The number of nitrogens with zero attached hydrogens (tertiary/aromatic N) is 4. The van der Waals surface area contributed by atoms with E-state index in [1.165, 1.54) is 0 Å². The maximum Gasteiger partial charge on any atom is 0.273 e. The van der Waals surface area contributed by atoms with Crippen molar-refractivity contribution in [1.82, 2.24) is 19.7 Å². The molecule has 3 heterocycles. The summed E-state index contributed by atoms with van der Waals surface area (Å²) < 4.78 is 25.9. The van der Waals surface area contributed by atoms with E-state index in [0.717, 1.165) is 10.9 Å². The first-order valence-electron chi connectivity index (χ1n) is 8.29. The van der Waals surface area contributed by atoms with Gasteiger partial charge >= 0.3 is 0 Å². The van der Waals surface area contributed by atoms with Crippen molar-refractivity contribution in [3.05, 3.63) is 60.0 Å². The van der Waals surface area contributed by atoms with Gasteiger partial charge in [-0.05, 0) is 12.1 Å². The van der Waals surface area contributed by atoms with Crippen LogP contribution in [0.5, 0.6) is 0 Å². The SMILES string of the molecule is Cn1cc([C@@H]2CS(=O)(=O)CCN2C(=O)c2ccc3ccccc3n2)cn1. The molecular formula is C18H18N4O3S. The van der Waals surface area contributed by atoms with Gasteiger partial charge in [-0.15, -0.1) is 0 Å². The standard InChI is InChI=1S/C18H18N4O3S/c1-21-11-14(10-19-21)17-12-26(24,25)9-8-22(17)18(23)16-7-6-13-4-2-3-5-15(13)20-16/h2-7,10-11,17H,8-9,12H2,1H3/t17-/m0/s1. The normalized spacial score (nSPS) is 19.6. The number of fused-ring (bicyclic) bond motifs is 1. The lowest BCUT2D eigenvalue weighted by molar-refractivity contribution is 0.0692. The molecule has 4 rings (SSSR count). The van der Waals surface area contributed by atoms with Gasteiger partial charge in [-0.2, -0.15) is 5.10 Å².